The average molecular weight is 280 g/mol. The van der Waals surface area contributed by atoms with Crippen LogP contribution >= 0.6 is 0 Å². The van der Waals surface area contributed by atoms with E-state index in [2.05, 4.69) is 5.32 Å². The van der Waals surface area contributed by atoms with Crippen LogP contribution in [0.2, 0.25) is 0 Å². The minimum absolute atomic E-state index is 0.0423. The van der Waals surface area contributed by atoms with Crippen LogP contribution in [0.3, 0.4) is 0 Å². The van der Waals surface area contributed by atoms with E-state index in [0.29, 0.717) is 6.04 Å². The number of nitrogens with one attached hydrogen (secondary N) is 1. The molecule has 108 valence electrons. The molecule has 1 N–H and O–H groups in total. The molecule has 2 amide bonds. The zero-order valence-electron chi connectivity index (χ0n) is 12.0. The van der Waals surface area contributed by atoms with Crippen LogP contribution in [-0.4, -0.2) is 12.1 Å². The smallest absolute Gasteiger partial charge is 0.326 e. The van der Waals surface area contributed by atoms with Crippen molar-refractivity contribution in [2.45, 2.75) is 31.7 Å². The van der Waals surface area contributed by atoms with E-state index in [4.69, 9.17) is 0 Å². The van der Waals surface area contributed by atoms with E-state index in [9.17, 15) is 4.79 Å². The van der Waals surface area contributed by atoms with E-state index in [-0.39, 0.29) is 6.03 Å². The molecule has 2 aromatic carbocycles. The number of carbonyl (C=O) groups excluding carboxylic acids is 1. The van der Waals surface area contributed by atoms with Crippen molar-refractivity contribution >= 4 is 17.4 Å². The summed E-state index contributed by atoms with van der Waals surface area (Å²) in [5.74, 6) is 0. The monoisotopic (exact) mass is 280 g/mol. The van der Waals surface area contributed by atoms with Crippen LogP contribution in [0.15, 0.2) is 60.7 Å². The third-order valence-electron chi connectivity index (χ3n) is 3.91. The molecule has 0 aliphatic heterocycles. The van der Waals surface area contributed by atoms with E-state index >= 15 is 0 Å². The summed E-state index contributed by atoms with van der Waals surface area (Å²) in [6.07, 6.45) is 4.59. The highest BCUT2D eigenvalue weighted by Crippen LogP contribution is 2.26. The molecule has 0 saturated heterocycles. The van der Waals surface area contributed by atoms with Gasteiger partial charge in [-0.05, 0) is 37.1 Å². The van der Waals surface area contributed by atoms with E-state index in [1.54, 1.807) is 4.90 Å². The van der Waals surface area contributed by atoms with Gasteiger partial charge in [0.25, 0.3) is 0 Å². The van der Waals surface area contributed by atoms with Gasteiger partial charge >= 0.3 is 6.03 Å². The molecular weight excluding hydrogens is 260 g/mol. The predicted octanol–water partition coefficient (Wildman–Crippen LogP) is 4.48. The maximum absolute atomic E-state index is 12.7. The molecule has 21 heavy (non-hydrogen) atoms. The van der Waals surface area contributed by atoms with Gasteiger partial charge in [-0.2, -0.15) is 0 Å². The second kappa shape index (κ2) is 6.44. The van der Waals surface area contributed by atoms with Gasteiger partial charge in [-0.1, -0.05) is 49.2 Å². The van der Waals surface area contributed by atoms with Crippen molar-refractivity contribution in [3.63, 3.8) is 0 Å². The number of hydrogen-bond acceptors (Lipinski definition) is 1. The van der Waals surface area contributed by atoms with Crippen LogP contribution in [-0.2, 0) is 0 Å². The Labute approximate surface area is 125 Å². The quantitative estimate of drug-likeness (QED) is 0.883. The van der Waals surface area contributed by atoms with Gasteiger partial charge in [0, 0.05) is 6.04 Å². The van der Waals surface area contributed by atoms with Crippen LogP contribution in [0.4, 0.5) is 16.2 Å². The molecule has 2 aromatic rings. The fourth-order valence-corrected chi connectivity index (χ4v) is 2.85. The lowest BCUT2D eigenvalue weighted by Gasteiger charge is -2.25. The minimum Gasteiger partial charge on any atom is -0.335 e. The number of anilines is 2. The van der Waals surface area contributed by atoms with E-state index < -0.39 is 0 Å². The Balaban J connectivity index is 1.87. The van der Waals surface area contributed by atoms with Gasteiger partial charge in [0.15, 0.2) is 0 Å². The highest BCUT2D eigenvalue weighted by Gasteiger charge is 2.22. The summed E-state index contributed by atoms with van der Waals surface area (Å²) in [5, 5.41) is 3.16. The minimum atomic E-state index is -0.0423. The number of hydrogen-bond donors (Lipinski definition) is 1. The summed E-state index contributed by atoms with van der Waals surface area (Å²) < 4.78 is 0. The topological polar surface area (TPSA) is 32.3 Å². The molecule has 0 bridgehead atoms. The van der Waals surface area contributed by atoms with Crippen LogP contribution in [0.25, 0.3) is 0 Å². The Morgan fingerprint density at radius 1 is 0.857 bits per heavy atom. The number of carbonyl (C=O) groups is 1. The maximum atomic E-state index is 12.7. The highest BCUT2D eigenvalue weighted by molar-refractivity contribution is 5.99. The molecule has 1 fully saturated rings. The van der Waals surface area contributed by atoms with E-state index in [1.165, 1.54) is 12.8 Å². The van der Waals surface area contributed by atoms with Gasteiger partial charge in [-0.25, -0.2) is 4.79 Å². The summed E-state index contributed by atoms with van der Waals surface area (Å²) in [5.41, 5.74) is 1.78. The first-order valence-corrected chi connectivity index (χ1v) is 7.55. The Morgan fingerprint density at radius 2 is 1.33 bits per heavy atom. The molecular formula is C18H20N2O. The Hall–Kier alpha value is -2.29. The number of amides is 2. The zero-order valence-corrected chi connectivity index (χ0v) is 12.0. The lowest BCUT2D eigenvalue weighted by atomic mass is 10.2. The van der Waals surface area contributed by atoms with Gasteiger partial charge in [-0.3, -0.25) is 4.90 Å². The SMILES string of the molecule is O=C(NC1CCCC1)N(c1ccccc1)c1ccccc1. The maximum Gasteiger partial charge on any atom is 0.326 e. The largest absolute Gasteiger partial charge is 0.335 e. The molecule has 0 spiro atoms. The van der Waals surface area contributed by atoms with Crippen molar-refractivity contribution < 1.29 is 4.79 Å². The average Bonchev–Trinajstić information content (AvgIpc) is 3.02. The molecule has 0 heterocycles. The first-order valence-electron chi connectivity index (χ1n) is 7.55. The number of rotatable bonds is 3. The first kappa shape index (κ1) is 13.7. The molecule has 0 radical (unpaired) electrons. The lowest BCUT2D eigenvalue weighted by molar-refractivity contribution is 0.245. The van der Waals surface area contributed by atoms with E-state index in [0.717, 1.165) is 24.2 Å². The summed E-state index contributed by atoms with van der Waals surface area (Å²) >= 11 is 0. The number of nitrogens with zero attached hydrogens (tertiary/aromatic N) is 1. The van der Waals surface area contributed by atoms with Gasteiger partial charge in [0.1, 0.15) is 0 Å². The summed E-state index contributed by atoms with van der Waals surface area (Å²) in [4.78, 5) is 14.5. The number of para-hydroxylation sites is 2. The molecule has 3 heteroatoms. The lowest BCUT2D eigenvalue weighted by Crippen LogP contribution is -2.41. The Kier molecular flexibility index (Phi) is 4.20. The van der Waals surface area contributed by atoms with Crippen molar-refractivity contribution in [1.29, 1.82) is 0 Å². The van der Waals surface area contributed by atoms with Crippen LogP contribution in [0.1, 0.15) is 25.7 Å². The standard InChI is InChI=1S/C18H20N2O/c21-18(19-15-9-7-8-10-15)20(16-11-3-1-4-12-16)17-13-5-2-6-14-17/h1-6,11-15H,7-10H2,(H,19,21). The van der Waals surface area contributed by atoms with Gasteiger partial charge < -0.3 is 5.32 Å². The van der Waals surface area contributed by atoms with Gasteiger partial charge in [0.2, 0.25) is 0 Å². The van der Waals surface area contributed by atoms with Crippen LogP contribution in [0, 0.1) is 0 Å². The molecule has 0 unspecified atom stereocenters. The fourth-order valence-electron chi connectivity index (χ4n) is 2.85. The van der Waals surface area contributed by atoms with Gasteiger partial charge in [-0.15, -0.1) is 0 Å². The van der Waals surface area contributed by atoms with Crippen molar-refractivity contribution in [3.8, 4) is 0 Å². The van der Waals surface area contributed by atoms with Crippen molar-refractivity contribution in [1.82, 2.24) is 5.32 Å². The van der Waals surface area contributed by atoms with Crippen LogP contribution in [0.5, 0.6) is 0 Å². The van der Waals surface area contributed by atoms with Crippen molar-refractivity contribution in [3.05, 3.63) is 60.7 Å². The van der Waals surface area contributed by atoms with Crippen molar-refractivity contribution in [2.24, 2.45) is 0 Å². The third kappa shape index (κ3) is 3.24. The second-order valence-electron chi connectivity index (χ2n) is 5.44. The van der Waals surface area contributed by atoms with E-state index in [1.807, 2.05) is 60.7 Å². The molecule has 0 atom stereocenters. The summed E-state index contributed by atoms with van der Waals surface area (Å²) in [6, 6.07) is 19.8. The van der Waals surface area contributed by atoms with Crippen LogP contribution < -0.4 is 10.2 Å². The summed E-state index contributed by atoms with van der Waals surface area (Å²) in [6.45, 7) is 0. The van der Waals surface area contributed by atoms with Crippen molar-refractivity contribution in [2.75, 3.05) is 4.90 Å². The Bertz CT molecular complexity index is 537. The second-order valence-corrected chi connectivity index (χ2v) is 5.44. The molecule has 1 aliphatic rings. The number of benzene rings is 2. The zero-order chi connectivity index (χ0) is 14.5. The molecule has 3 nitrogen and oxygen atoms in total. The molecule has 3 rings (SSSR count). The summed E-state index contributed by atoms with van der Waals surface area (Å²) in [7, 11) is 0. The third-order valence-corrected chi connectivity index (χ3v) is 3.91. The fraction of sp³-hybridized carbons (Fsp3) is 0.278. The molecule has 1 aliphatic carbocycles. The van der Waals surface area contributed by atoms with Gasteiger partial charge in [0.05, 0.1) is 11.4 Å². The highest BCUT2D eigenvalue weighted by atomic mass is 16.2. The first-order chi connectivity index (χ1) is 10.3. The predicted molar refractivity (Wildman–Crippen MR) is 85.8 cm³/mol. The normalized spacial score (nSPS) is 14.9. The number of urea groups is 1. The molecule has 1 saturated carbocycles. The Morgan fingerprint density at radius 3 is 1.81 bits per heavy atom. The molecule has 0 aromatic heterocycles.